The first-order chi connectivity index (χ1) is 17.3. The first-order valence-electron chi connectivity index (χ1n) is 9.74. The number of ether oxygens (including phenoxy) is 1. The molecule has 0 radical (unpaired) electrons. The number of unbranched alkanes of at least 4 members (excludes halogenated alkanes) is 1. The second-order valence-corrected chi connectivity index (χ2v) is 7.75. The van der Waals surface area contributed by atoms with E-state index in [1.54, 1.807) is 0 Å². The van der Waals surface area contributed by atoms with Gasteiger partial charge >= 0.3 is 59.8 Å². The molecule has 0 aliphatic carbocycles. The van der Waals surface area contributed by atoms with Crippen molar-refractivity contribution in [1.29, 1.82) is 0 Å². The Morgan fingerprint density at radius 2 is 0.850 bits per heavy atom. The van der Waals surface area contributed by atoms with E-state index < -0.39 is 104 Å². The predicted molar refractivity (Wildman–Crippen MR) is 85.8 cm³/mol. The summed E-state index contributed by atoms with van der Waals surface area (Å²) in [6.45, 7) is -1.96. The summed E-state index contributed by atoms with van der Waals surface area (Å²) in [6.07, 6.45) is -22.7. The molecule has 0 amide bonds. The molecule has 0 unspecified atom stereocenters. The molecule has 0 rings (SSSR count). The molecular formula is C17H12F20O3. The van der Waals surface area contributed by atoms with Gasteiger partial charge in [0, 0.05) is 12.8 Å². The number of hydrogen-bond donors (Lipinski definition) is 0. The van der Waals surface area contributed by atoms with Crippen LogP contribution in [-0.2, 0) is 14.3 Å². The maximum absolute atomic E-state index is 13.5. The van der Waals surface area contributed by atoms with Crippen LogP contribution in [-0.4, -0.2) is 72.2 Å². The minimum Gasteiger partial charge on any atom is -0.465 e. The van der Waals surface area contributed by atoms with Gasteiger partial charge in [0.2, 0.25) is 5.78 Å². The van der Waals surface area contributed by atoms with E-state index in [0.29, 0.717) is 0 Å². The maximum atomic E-state index is 13.5. The molecule has 0 aliphatic rings. The van der Waals surface area contributed by atoms with Gasteiger partial charge in [-0.25, -0.2) is 0 Å². The molecule has 0 aromatic heterocycles. The van der Waals surface area contributed by atoms with Crippen LogP contribution in [0.2, 0.25) is 0 Å². The van der Waals surface area contributed by atoms with Gasteiger partial charge in [0.05, 0.1) is 13.0 Å². The van der Waals surface area contributed by atoms with Crippen LogP contribution < -0.4 is 0 Å². The summed E-state index contributed by atoms with van der Waals surface area (Å²) in [5.41, 5.74) is 0. The Balaban J connectivity index is 5.07. The van der Waals surface area contributed by atoms with E-state index in [4.69, 9.17) is 0 Å². The molecule has 238 valence electrons. The number of esters is 1. The Kier molecular flexibility index (Phi) is 10.6. The molecule has 3 nitrogen and oxygen atoms in total. The van der Waals surface area contributed by atoms with Crippen LogP contribution in [0.5, 0.6) is 0 Å². The minimum atomic E-state index is -7.86. The van der Waals surface area contributed by atoms with Crippen LogP contribution >= 0.6 is 0 Å². The van der Waals surface area contributed by atoms with E-state index in [-0.39, 0.29) is 0 Å². The number of halogens is 20. The van der Waals surface area contributed by atoms with Crippen LogP contribution in [0.25, 0.3) is 0 Å². The molecular weight excluding hydrogens is 632 g/mol. The van der Waals surface area contributed by atoms with Crippen LogP contribution in [0.15, 0.2) is 0 Å². The zero-order valence-corrected chi connectivity index (χ0v) is 18.5. The molecule has 0 heterocycles. The van der Waals surface area contributed by atoms with Gasteiger partial charge in [0.15, 0.2) is 0 Å². The minimum absolute atomic E-state index is 1.01. The third kappa shape index (κ3) is 6.62. The van der Waals surface area contributed by atoms with E-state index in [1.807, 2.05) is 0 Å². The van der Waals surface area contributed by atoms with E-state index in [9.17, 15) is 97.4 Å². The normalized spacial score (nSPS) is 15.3. The molecule has 0 aliphatic heterocycles. The largest absolute Gasteiger partial charge is 0.465 e. The summed E-state index contributed by atoms with van der Waals surface area (Å²) in [7, 11) is 0. The Bertz CT molecular complexity index is 901. The highest BCUT2D eigenvalue weighted by Gasteiger charge is 2.88. The number of Topliss-reactive ketones (excluding diaryl/α,β-unsaturated/α-hetero) is 1. The third-order valence-electron chi connectivity index (χ3n) is 4.81. The summed E-state index contributed by atoms with van der Waals surface area (Å²) in [4.78, 5) is 22.5. The summed E-state index contributed by atoms with van der Waals surface area (Å²) >= 11 is 0. The molecule has 0 fully saturated rings. The highest BCUT2D eigenvalue weighted by atomic mass is 19.4. The number of rotatable bonds is 14. The van der Waals surface area contributed by atoms with Gasteiger partial charge in [-0.3, -0.25) is 9.59 Å². The van der Waals surface area contributed by atoms with Gasteiger partial charge in [-0.1, -0.05) is 0 Å². The lowest BCUT2D eigenvalue weighted by molar-refractivity contribution is -0.416. The van der Waals surface area contributed by atoms with Gasteiger partial charge in [0.25, 0.3) is 0 Å². The van der Waals surface area contributed by atoms with Crippen LogP contribution in [0, 0.1) is 0 Å². The summed E-state index contributed by atoms with van der Waals surface area (Å²) in [5.74, 6) is -55.6. The standard InChI is InChI=1S/C17H12F20O3/c18-9(19,11(22,23)14(28,29)16(32,33)34)5-6-40-8(39)4-2-1-3-7(38)10(20,21)12(24,25)13(26,27)15(30,31)17(35,36)37/h1-6H2. The van der Waals surface area contributed by atoms with Crippen LogP contribution in [0.1, 0.15) is 32.1 Å². The number of carbonyl (C=O) groups is 2. The summed E-state index contributed by atoms with van der Waals surface area (Å²) in [6, 6.07) is 0. The van der Waals surface area contributed by atoms with E-state index >= 15 is 0 Å². The van der Waals surface area contributed by atoms with Crippen molar-refractivity contribution in [3.8, 4) is 0 Å². The Morgan fingerprint density at radius 3 is 1.25 bits per heavy atom. The van der Waals surface area contributed by atoms with Crippen molar-refractivity contribution in [3.63, 3.8) is 0 Å². The zero-order valence-electron chi connectivity index (χ0n) is 18.5. The average molecular weight is 644 g/mol. The number of alkyl halides is 20. The van der Waals surface area contributed by atoms with Gasteiger partial charge < -0.3 is 4.74 Å². The van der Waals surface area contributed by atoms with Crippen molar-refractivity contribution >= 4 is 11.8 Å². The Hall–Kier alpha value is -2.26. The molecule has 0 saturated heterocycles. The molecule has 0 aromatic rings. The van der Waals surface area contributed by atoms with Crippen molar-refractivity contribution in [2.75, 3.05) is 6.61 Å². The fourth-order valence-corrected chi connectivity index (χ4v) is 2.39. The highest BCUT2D eigenvalue weighted by molar-refractivity contribution is 5.87. The SMILES string of the molecule is O=C(CCCCC(=O)C(F)(F)C(F)(F)C(F)(F)C(F)(F)C(F)(F)F)OCCC(F)(F)C(F)(F)C(F)(F)C(F)(F)F. The van der Waals surface area contributed by atoms with E-state index in [1.165, 1.54) is 0 Å². The maximum Gasteiger partial charge on any atom is 0.460 e. The van der Waals surface area contributed by atoms with Gasteiger partial charge in [-0.2, -0.15) is 87.8 Å². The van der Waals surface area contributed by atoms with Gasteiger partial charge in [-0.05, 0) is 12.8 Å². The Labute approximate surface area is 207 Å². The highest BCUT2D eigenvalue weighted by Crippen LogP contribution is 2.58. The van der Waals surface area contributed by atoms with Gasteiger partial charge in [-0.15, -0.1) is 0 Å². The van der Waals surface area contributed by atoms with Crippen molar-refractivity contribution in [2.45, 2.75) is 85.9 Å². The molecule has 40 heavy (non-hydrogen) atoms. The quantitative estimate of drug-likeness (QED) is 0.111. The third-order valence-corrected chi connectivity index (χ3v) is 4.81. The fraction of sp³-hybridized carbons (Fsp3) is 0.882. The molecule has 0 N–H and O–H groups in total. The molecule has 0 saturated carbocycles. The van der Waals surface area contributed by atoms with Crippen molar-refractivity contribution < 1.29 is 102 Å². The summed E-state index contributed by atoms with van der Waals surface area (Å²) in [5, 5.41) is 0. The fourth-order valence-electron chi connectivity index (χ4n) is 2.39. The van der Waals surface area contributed by atoms with Gasteiger partial charge in [0.1, 0.15) is 0 Å². The second kappa shape index (κ2) is 11.2. The van der Waals surface area contributed by atoms with Crippen molar-refractivity contribution in [2.24, 2.45) is 0 Å². The number of hydrogen-bond acceptors (Lipinski definition) is 3. The molecule has 0 aromatic carbocycles. The zero-order chi connectivity index (χ0) is 32.6. The van der Waals surface area contributed by atoms with Crippen LogP contribution in [0.4, 0.5) is 87.8 Å². The van der Waals surface area contributed by atoms with E-state index in [2.05, 4.69) is 4.74 Å². The molecule has 23 heteroatoms. The molecule has 0 atom stereocenters. The lowest BCUT2D eigenvalue weighted by Gasteiger charge is -2.36. The lowest BCUT2D eigenvalue weighted by Crippen LogP contribution is -2.68. The second-order valence-electron chi connectivity index (χ2n) is 7.75. The Morgan fingerprint density at radius 1 is 0.475 bits per heavy atom. The topological polar surface area (TPSA) is 43.4 Å². The first kappa shape index (κ1) is 37.7. The van der Waals surface area contributed by atoms with Crippen molar-refractivity contribution in [1.82, 2.24) is 0 Å². The lowest BCUT2D eigenvalue weighted by atomic mass is 9.93. The number of ketones is 1. The van der Waals surface area contributed by atoms with Crippen molar-refractivity contribution in [3.05, 3.63) is 0 Å². The van der Waals surface area contributed by atoms with Crippen LogP contribution in [0.3, 0.4) is 0 Å². The predicted octanol–water partition coefficient (Wildman–Crippen LogP) is 7.62. The number of carbonyl (C=O) groups excluding carboxylic acids is 2. The molecule has 0 bridgehead atoms. The average Bonchev–Trinajstić information content (AvgIpc) is 2.74. The smallest absolute Gasteiger partial charge is 0.460 e. The summed E-state index contributed by atoms with van der Waals surface area (Å²) < 4.78 is 259. The first-order valence-corrected chi connectivity index (χ1v) is 9.74. The van der Waals surface area contributed by atoms with E-state index in [0.717, 1.165) is 0 Å². The monoisotopic (exact) mass is 644 g/mol. The molecule has 0 spiro atoms.